The third-order valence-electron chi connectivity index (χ3n) is 6.82. The summed E-state index contributed by atoms with van der Waals surface area (Å²) >= 11 is 11.9. The van der Waals surface area contributed by atoms with E-state index in [2.05, 4.69) is 24.3 Å². The molecule has 5 nitrogen and oxygen atoms in total. The molecule has 8 heteroatoms. The molecule has 2 aromatic carbocycles. The molecule has 1 amide bonds. The van der Waals surface area contributed by atoms with Crippen LogP contribution < -0.4 is 0 Å². The first-order valence-electron chi connectivity index (χ1n) is 11.6. The van der Waals surface area contributed by atoms with Gasteiger partial charge in [0.25, 0.3) is 0 Å². The van der Waals surface area contributed by atoms with Crippen LogP contribution in [0.5, 0.6) is 0 Å². The Bertz CT molecular complexity index is 1060. The number of rotatable bonds is 6. The summed E-state index contributed by atoms with van der Waals surface area (Å²) < 4.78 is 27.2. The zero-order valence-electron chi connectivity index (χ0n) is 18.6. The van der Waals surface area contributed by atoms with Crippen LogP contribution in [0.4, 0.5) is 0 Å². The summed E-state index contributed by atoms with van der Waals surface area (Å²) in [7, 11) is -3.47. The molecule has 2 aliphatic heterocycles. The van der Waals surface area contributed by atoms with Crippen LogP contribution in [-0.4, -0.2) is 49.7 Å². The molecule has 0 atom stereocenters. The largest absolute Gasteiger partial charge is 0.342 e. The highest BCUT2D eigenvalue weighted by molar-refractivity contribution is 7.88. The molecule has 2 aromatic rings. The second kappa shape index (κ2) is 10.8. The fourth-order valence-electron chi connectivity index (χ4n) is 4.88. The van der Waals surface area contributed by atoms with Gasteiger partial charge in [0.1, 0.15) is 0 Å². The quantitative estimate of drug-likeness (QED) is 0.550. The molecule has 2 aliphatic rings. The normalized spacial score (nSPS) is 19.0. The summed E-state index contributed by atoms with van der Waals surface area (Å²) in [6.45, 7) is 2.35. The van der Waals surface area contributed by atoms with Crippen LogP contribution in [0, 0.1) is 11.8 Å². The summed E-state index contributed by atoms with van der Waals surface area (Å²) in [6.07, 6.45) is 4.26. The molecule has 2 saturated heterocycles. The van der Waals surface area contributed by atoms with Crippen LogP contribution in [0.1, 0.15) is 36.8 Å². The number of carbonyl (C=O) groups excluding carboxylic acids is 1. The Labute approximate surface area is 206 Å². The lowest BCUT2D eigenvalue weighted by atomic mass is 9.89. The SMILES string of the molecule is O=C(C1CCN(S(=O)(=O)Cc2ccc(Cl)c(Cl)c2)CC1)N1CCC(Cc2ccccc2)CC1. The number of piperidine rings is 2. The van der Waals surface area contributed by atoms with Crippen LogP contribution in [0.15, 0.2) is 48.5 Å². The van der Waals surface area contributed by atoms with Crippen molar-refractivity contribution in [2.24, 2.45) is 11.8 Å². The standard InChI is InChI=1S/C25H30Cl2N2O3S/c26-23-7-6-21(17-24(23)27)18-33(31,32)29-14-10-22(11-15-29)25(30)28-12-8-20(9-13-28)16-19-4-2-1-3-5-19/h1-7,17,20,22H,8-16,18H2. The molecular formula is C25H30Cl2N2O3S. The molecule has 2 fully saturated rings. The molecular weight excluding hydrogens is 479 g/mol. The lowest BCUT2D eigenvalue weighted by molar-refractivity contribution is -0.138. The van der Waals surface area contributed by atoms with Crippen LogP contribution in [0.3, 0.4) is 0 Å². The van der Waals surface area contributed by atoms with E-state index >= 15 is 0 Å². The third kappa shape index (κ3) is 6.30. The minimum Gasteiger partial charge on any atom is -0.342 e. The Morgan fingerprint density at radius 2 is 1.52 bits per heavy atom. The van der Waals surface area contributed by atoms with Crippen molar-refractivity contribution < 1.29 is 13.2 Å². The van der Waals surface area contributed by atoms with Gasteiger partial charge in [-0.2, -0.15) is 0 Å². The molecule has 33 heavy (non-hydrogen) atoms. The number of hydrogen-bond acceptors (Lipinski definition) is 3. The molecule has 4 rings (SSSR count). The molecule has 0 bridgehead atoms. The lowest BCUT2D eigenvalue weighted by Crippen LogP contribution is -2.46. The van der Waals surface area contributed by atoms with Gasteiger partial charge in [0.15, 0.2) is 0 Å². The number of nitrogens with zero attached hydrogens (tertiary/aromatic N) is 2. The van der Waals surface area contributed by atoms with Gasteiger partial charge in [0.05, 0.1) is 15.8 Å². The highest BCUT2D eigenvalue weighted by atomic mass is 35.5. The van der Waals surface area contributed by atoms with Gasteiger partial charge in [-0.15, -0.1) is 0 Å². The van der Waals surface area contributed by atoms with Crippen LogP contribution >= 0.6 is 23.2 Å². The van der Waals surface area contributed by atoms with E-state index < -0.39 is 10.0 Å². The molecule has 0 unspecified atom stereocenters. The van der Waals surface area contributed by atoms with Gasteiger partial charge in [-0.1, -0.05) is 59.6 Å². The monoisotopic (exact) mass is 508 g/mol. The average Bonchev–Trinajstić information content (AvgIpc) is 2.82. The first kappa shape index (κ1) is 24.5. The number of amides is 1. The van der Waals surface area contributed by atoms with Gasteiger partial charge < -0.3 is 4.90 Å². The molecule has 2 heterocycles. The summed E-state index contributed by atoms with van der Waals surface area (Å²) in [6, 6.07) is 15.4. The van der Waals surface area contributed by atoms with Gasteiger partial charge in [-0.3, -0.25) is 4.79 Å². The second-order valence-corrected chi connectivity index (χ2v) is 11.9. The van der Waals surface area contributed by atoms with E-state index in [0.29, 0.717) is 47.5 Å². The maximum atomic E-state index is 13.1. The summed E-state index contributed by atoms with van der Waals surface area (Å²) in [5.41, 5.74) is 1.97. The Balaban J connectivity index is 1.25. The minimum atomic E-state index is -3.47. The molecule has 0 saturated carbocycles. The van der Waals surface area contributed by atoms with E-state index in [1.807, 2.05) is 11.0 Å². The fraction of sp³-hybridized carbons (Fsp3) is 0.480. The first-order valence-corrected chi connectivity index (χ1v) is 13.9. The van der Waals surface area contributed by atoms with Crippen LogP contribution in [0.2, 0.25) is 10.0 Å². The molecule has 0 aliphatic carbocycles. The van der Waals surface area contributed by atoms with E-state index in [0.717, 1.165) is 32.4 Å². The van der Waals surface area contributed by atoms with Gasteiger partial charge in [-0.25, -0.2) is 12.7 Å². The number of sulfonamides is 1. The predicted molar refractivity (Wildman–Crippen MR) is 133 cm³/mol. The number of carbonyl (C=O) groups is 1. The summed E-state index contributed by atoms with van der Waals surface area (Å²) in [5.74, 6) is 0.601. The molecule has 0 radical (unpaired) electrons. The van der Waals surface area contributed by atoms with Gasteiger partial charge in [0.2, 0.25) is 15.9 Å². The van der Waals surface area contributed by atoms with E-state index in [1.54, 1.807) is 18.2 Å². The average molecular weight is 509 g/mol. The Morgan fingerprint density at radius 1 is 0.848 bits per heavy atom. The van der Waals surface area contributed by atoms with E-state index in [9.17, 15) is 13.2 Å². The molecule has 0 spiro atoms. The molecule has 178 valence electrons. The number of benzene rings is 2. The van der Waals surface area contributed by atoms with Crippen LogP contribution in [-0.2, 0) is 27.0 Å². The van der Waals surface area contributed by atoms with Gasteiger partial charge in [-0.05, 0) is 61.3 Å². The maximum absolute atomic E-state index is 13.1. The highest BCUT2D eigenvalue weighted by Gasteiger charge is 2.34. The minimum absolute atomic E-state index is 0.0906. The Kier molecular flexibility index (Phi) is 8.00. The van der Waals surface area contributed by atoms with E-state index in [1.165, 1.54) is 9.87 Å². The lowest BCUT2D eigenvalue weighted by Gasteiger charge is -2.37. The summed E-state index contributed by atoms with van der Waals surface area (Å²) in [4.78, 5) is 15.1. The third-order valence-corrected chi connectivity index (χ3v) is 9.41. The first-order chi connectivity index (χ1) is 15.8. The van der Waals surface area contributed by atoms with Crippen molar-refractivity contribution in [3.8, 4) is 0 Å². The van der Waals surface area contributed by atoms with Crippen molar-refractivity contribution in [1.82, 2.24) is 9.21 Å². The number of hydrogen-bond donors (Lipinski definition) is 0. The molecule has 0 aromatic heterocycles. The zero-order chi connectivity index (χ0) is 23.4. The Hall–Kier alpha value is -1.60. The van der Waals surface area contributed by atoms with Crippen LogP contribution in [0.25, 0.3) is 0 Å². The predicted octanol–water partition coefficient (Wildman–Crippen LogP) is 5.02. The number of halogens is 2. The van der Waals surface area contributed by atoms with E-state index in [-0.39, 0.29) is 17.6 Å². The fourth-order valence-corrected chi connectivity index (χ4v) is 6.75. The van der Waals surface area contributed by atoms with Crippen molar-refractivity contribution in [1.29, 1.82) is 0 Å². The van der Waals surface area contributed by atoms with Crippen molar-refractivity contribution in [3.63, 3.8) is 0 Å². The second-order valence-electron chi connectivity index (χ2n) is 9.14. The zero-order valence-corrected chi connectivity index (χ0v) is 21.0. The Morgan fingerprint density at radius 3 is 2.15 bits per heavy atom. The summed E-state index contributed by atoms with van der Waals surface area (Å²) in [5, 5.41) is 0.752. The maximum Gasteiger partial charge on any atom is 0.225 e. The van der Waals surface area contributed by atoms with Gasteiger partial charge >= 0.3 is 0 Å². The van der Waals surface area contributed by atoms with Crippen molar-refractivity contribution in [2.75, 3.05) is 26.2 Å². The number of likely N-dealkylation sites (tertiary alicyclic amines) is 1. The highest BCUT2D eigenvalue weighted by Crippen LogP contribution is 2.28. The van der Waals surface area contributed by atoms with E-state index in [4.69, 9.17) is 23.2 Å². The van der Waals surface area contributed by atoms with Crippen molar-refractivity contribution >= 4 is 39.1 Å². The smallest absolute Gasteiger partial charge is 0.225 e. The topological polar surface area (TPSA) is 57.7 Å². The van der Waals surface area contributed by atoms with Crippen molar-refractivity contribution in [2.45, 2.75) is 37.9 Å². The van der Waals surface area contributed by atoms with Gasteiger partial charge in [0, 0.05) is 32.1 Å². The molecule has 0 N–H and O–H groups in total. The van der Waals surface area contributed by atoms with Crippen molar-refractivity contribution in [3.05, 3.63) is 69.7 Å².